The highest BCUT2D eigenvalue weighted by Crippen LogP contribution is 2.17. The molecule has 0 spiro atoms. The van der Waals surface area contributed by atoms with Gasteiger partial charge in [0, 0.05) is 43.5 Å². The van der Waals surface area contributed by atoms with Gasteiger partial charge in [0.15, 0.2) is 0 Å². The van der Waals surface area contributed by atoms with Crippen LogP contribution in [0.5, 0.6) is 0 Å². The summed E-state index contributed by atoms with van der Waals surface area (Å²) in [6.45, 7) is 10.9. The molecule has 1 aromatic heterocycles. The summed E-state index contributed by atoms with van der Waals surface area (Å²) in [6.07, 6.45) is 3.14. The summed E-state index contributed by atoms with van der Waals surface area (Å²) >= 11 is 0. The second kappa shape index (κ2) is 9.61. The fourth-order valence-electron chi connectivity index (χ4n) is 3.56. The molecular formula is C23H30N4O3. The Morgan fingerprint density at radius 1 is 1.03 bits per heavy atom. The Kier molecular flexibility index (Phi) is 6.92. The summed E-state index contributed by atoms with van der Waals surface area (Å²) in [7, 11) is 0. The largest absolute Gasteiger partial charge is 0.450 e. The lowest BCUT2D eigenvalue weighted by Crippen LogP contribution is -2.50. The van der Waals surface area contributed by atoms with E-state index in [-0.39, 0.29) is 12.0 Å². The summed E-state index contributed by atoms with van der Waals surface area (Å²) < 4.78 is 6.99. The quantitative estimate of drug-likeness (QED) is 0.710. The number of aromatic nitrogens is 2. The van der Waals surface area contributed by atoms with Crippen molar-refractivity contribution in [3.05, 3.63) is 58.4 Å². The molecule has 0 bridgehead atoms. The monoisotopic (exact) mass is 410 g/mol. The maximum Gasteiger partial charge on any atom is 0.409 e. The zero-order valence-electron chi connectivity index (χ0n) is 18.2. The molecule has 3 rings (SSSR count). The molecule has 1 saturated heterocycles. The Balaban J connectivity index is 1.62. The molecule has 0 aliphatic carbocycles. The third kappa shape index (κ3) is 5.09. The van der Waals surface area contributed by atoms with Gasteiger partial charge in [0.25, 0.3) is 0 Å². The Bertz CT molecular complexity index is 923. The van der Waals surface area contributed by atoms with Crippen LogP contribution >= 0.6 is 0 Å². The molecule has 0 atom stereocenters. The van der Waals surface area contributed by atoms with E-state index in [0.717, 1.165) is 17.0 Å². The third-order valence-electron chi connectivity index (χ3n) is 5.40. The van der Waals surface area contributed by atoms with Gasteiger partial charge in [-0.05, 0) is 39.3 Å². The fraction of sp³-hybridized carbons (Fsp3) is 0.435. The molecule has 0 saturated carbocycles. The molecule has 0 N–H and O–H groups in total. The molecule has 1 aromatic carbocycles. The van der Waals surface area contributed by atoms with Crippen molar-refractivity contribution in [2.24, 2.45) is 0 Å². The van der Waals surface area contributed by atoms with Gasteiger partial charge in [0.2, 0.25) is 5.91 Å². The van der Waals surface area contributed by atoms with Gasteiger partial charge in [-0.1, -0.05) is 29.8 Å². The SMILES string of the molecule is CCOC(=O)N1CCN(C(=O)/C=C/c2c(C)nn(Cc3ccc(C)cc3)c2C)CC1. The number of benzene rings is 1. The van der Waals surface area contributed by atoms with E-state index in [1.165, 1.54) is 11.1 Å². The second-order valence-corrected chi connectivity index (χ2v) is 7.57. The van der Waals surface area contributed by atoms with Crippen LogP contribution in [0, 0.1) is 20.8 Å². The van der Waals surface area contributed by atoms with Crippen molar-refractivity contribution >= 4 is 18.1 Å². The molecule has 1 aliphatic rings. The highest BCUT2D eigenvalue weighted by molar-refractivity contribution is 5.92. The van der Waals surface area contributed by atoms with E-state index in [1.54, 1.807) is 22.8 Å². The van der Waals surface area contributed by atoms with Crippen molar-refractivity contribution in [2.75, 3.05) is 32.8 Å². The summed E-state index contributed by atoms with van der Waals surface area (Å²) in [6, 6.07) is 8.42. The molecule has 7 heteroatoms. The van der Waals surface area contributed by atoms with Crippen molar-refractivity contribution in [3.8, 4) is 0 Å². The molecule has 0 unspecified atom stereocenters. The summed E-state index contributed by atoms with van der Waals surface area (Å²) in [4.78, 5) is 27.8. The van der Waals surface area contributed by atoms with Gasteiger partial charge >= 0.3 is 6.09 Å². The van der Waals surface area contributed by atoms with Gasteiger partial charge in [0.05, 0.1) is 18.8 Å². The second-order valence-electron chi connectivity index (χ2n) is 7.57. The number of aryl methyl sites for hydroxylation is 2. The Morgan fingerprint density at radius 3 is 2.30 bits per heavy atom. The zero-order valence-corrected chi connectivity index (χ0v) is 18.2. The number of nitrogens with zero attached hydrogens (tertiary/aromatic N) is 4. The van der Waals surface area contributed by atoms with Crippen LogP contribution in [0.4, 0.5) is 4.79 Å². The highest BCUT2D eigenvalue weighted by atomic mass is 16.6. The minimum absolute atomic E-state index is 0.0522. The maximum atomic E-state index is 12.6. The third-order valence-corrected chi connectivity index (χ3v) is 5.40. The molecule has 7 nitrogen and oxygen atoms in total. The molecule has 0 radical (unpaired) electrons. The number of hydrogen-bond acceptors (Lipinski definition) is 4. The average Bonchev–Trinajstić information content (AvgIpc) is 3.00. The van der Waals surface area contributed by atoms with Crippen LogP contribution in [0.25, 0.3) is 6.08 Å². The van der Waals surface area contributed by atoms with Crippen LogP contribution in [-0.2, 0) is 16.1 Å². The molecule has 30 heavy (non-hydrogen) atoms. The lowest BCUT2D eigenvalue weighted by Gasteiger charge is -2.33. The smallest absolute Gasteiger partial charge is 0.409 e. The highest BCUT2D eigenvalue weighted by Gasteiger charge is 2.23. The van der Waals surface area contributed by atoms with Crippen molar-refractivity contribution in [2.45, 2.75) is 34.2 Å². The number of amides is 2. The molecule has 160 valence electrons. The zero-order chi connectivity index (χ0) is 21.7. The van der Waals surface area contributed by atoms with Gasteiger partial charge in [-0.25, -0.2) is 4.79 Å². The van der Waals surface area contributed by atoms with E-state index in [4.69, 9.17) is 4.74 Å². The van der Waals surface area contributed by atoms with Crippen LogP contribution in [0.1, 0.15) is 35.0 Å². The molecule has 2 aromatic rings. The van der Waals surface area contributed by atoms with Crippen molar-refractivity contribution in [1.29, 1.82) is 0 Å². The van der Waals surface area contributed by atoms with E-state index in [2.05, 4.69) is 36.3 Å². The number of rotatable bonds is 5. The first-order chi connectivity index (χ1) is 14.4. The lowest BCUT2D eigenvalue weighted by atomic mass is 10.1. The standard InChI is InChI=1S/C23H30N4O3/c1-5-30-23(29)26-14-12-25(13-15-26)22(28)11-10-21-18(3)24-27(19(21)4)16-20-8-6-17(2)7-9-20/h6-11H,5,12-16H2,1-4H3/b11-10+. The number of carbonyl (C=O) groups excluding carboxylic acids is 2. The van der Waals surface area contributed by atoms with Crippen LogP contribution in [0.15, 0.2) is 30.3 Å². The summed E-state index contributed by atoms with van der Waals surface area (Å²) in [5.74, 6) is -0.0522. The molecule has 2 heterocycles. The van der Waals surface area contributed by atoms with Crippen LogP contribution in [0.3, 0.4) is 0 Å². The Labute approximate surface area is 177 Å². The minimum atomic E-state index is -0.313. The van der Waals surface area contributed by atoms with Gasteiger partial charge in [-0.3, -0.25) is 9.48 Å². The summed E-state index contributed by atoms with van der Waals surface area (Å²) in [5.41, 5.74) is 5.33. The topological polar surface area (TPSA) is 67.7 Å². The fourth-order valence-corrected chi connectivity index (χ4v) is 3.56. The first kappa shape index (κ1) is 21.6. The number of piperazine rings is 1. The van der Waals surface area contributed by atoms with Crippen LogP contribution in [-0.4, -0.2) is 64.4 Å². The van der Waals surface area contributed by atoms with Gasteiger partial charge in [0.1, 0.15) is 0 Å². The number of ether oxygens (including phenoxy) is 1. The Hall–Kier alpha value is -3.09. The Morgan fingerprint density at radius 2 is 1.67 bits per heavy atom. The van der Waals surface area contributed by atoms with Gasteiger partial charge in [-0.2, -0.15) is 5.10 Å². The molecule has 2 amide bonds. The van der Waals surface area contributed by atoms with Crippen molar-refractivity contribution in [3.63, 3.8) is 0 Å². The first-order valence-electron chi connectivity index (χ1n) is 10.4. The number of hydrogen-bond donors (Lipinski definition) is 0. The van der Waals surface area contributed by atoms with E-state index in [9.17, 15) is 9.59 Å². The van der Waals surface area contributed by atoms with E-state index < -0.39 is 0 Å². The maximum absolute atomic E-state index is 12.6. The predicted molar refractivity (Wildman–Crippen MR) is 116 cm³/mol. The van der Waals surface area contributed by atoms with Crippen molar-refractivity contribution < 1.29 is 14.3 Å². The predicted octanol–water partition coefficient (Wildman–Crippen LogP) is 3.17. The number of carbonyl (C=O) groups is 2. The van der Waals surface area contributed by atoms with Crippen LogP contribution in [0.2, 0.25) is 0 Å². The summed E-state index contributed by atoms with van der Waals surface area (Å²) in [5, 5.41) is 4.65. The van der Waals surface area contributed by atoms with E-state index >= 15 is 0 Å². The van der Waals surface area contributed by atoms with Crippen LogP contribution < -0.4 is 0 Å². The van der Waals surface area contributed by atoms with E-state index in [1.807, 2.05) is 24.6 Å². The van der Waals surface area contributed by atoms with Gasteiger partial charge < -0.3 is 14.5 Å². The van der Waals surface area contributed by atoms with Gasteiger partial charge in [-0.15, -0.1) is 0 Å². The average molecular weight is 411 g/mol. The first-order valence-corrected chi connectivity index (χ1v) is 10.4. The van der Waals surface area contributed by atoms with E-state index in [0.29, 0.717) is 39.3 Å². The lowest BCUT2D eigenvalue weighted by molar-refractivity contribution is -0.127. The molecule has 1 fully saturated rings. The molecule has 1 aliphatic heterocycles. The minimum Gasteiger partial charge on any atom is -0.450 e. The van der Waals surface area contributed by atoms with Crippen molar-refractivity contribution in [1.82, 2.24) is 19.6 Å². The normalized spacial score (nSPS) is 14.4. The molecular weight excluding hydrogens is 380 g/mol.